The Bertz CT molecular complexity index is 694. The fourth-order valence-electron chi connectivity index (χ4n) is 2.61. The van der Waals surface area contributed by atoms with Crippen LogP contribution in [-0.4, -0.2) is 37.5 Å². The van der Waals surface area contributed by atoms with Crippen LogP contribution in [0.1, 0.15) is 23.2 Å². The number of ether oxygens (including phenoxy) is 2. The lowest BCUT2D eigenvalue weighted by molar-refractivity contribution is 0.140. The molecule has 1 aromatic heterocycles. The van der Waals surface area contributed by atoms with E-state index in [9.17, 15) is 0 Å². The summed E-state index contributed by atoms with van der Waals surface area (Å²) in [4.78, 5) is 4.23. The first-order chi connectivity index (χ1) is 12.2. The minimum absolute atomic E-state index is 0.130. The minimum atomic E-state index is 0.130. The molecule has 25 heavy (non-hydrogen) atoms. The number of aryl methyl sites for hydroxylation is 1. The summed E-state index contributed by atoms with van der Waals surface area (Å²) < 4.78 is 16.3. The maximum absolute atomic E-state index is 6.12. The average molecular weight is 344 g/mol. The Morgan fingerprint density at radius 2 is 2.20 bits per heavy atom. The van der Waals surface area contributed by atoms with Crippen molar-refractivity contribution in [1.82, 2.24) is 15.8 Å². The van der Waals surface area contributed by atoms with E-state index in [0.717, 1.165) is 30.0 Å². The van der Waals surface area contributed by atoms with Crippen molar-refractivity contribution in [3.8, 4) is 5.75 Å². The number of hydrogen-bond donors (Lipinski definition) is 2. The van der Waals surface area contributed by atoms with Gasteiger partial charge < -0.3 is 24.6 Å². The van der Waals surface area contributed by atoms with Gasteiger partial charge in [0.2, 0.25) is 0 Å². The first-order valence-electron chi connectivity index (χ1n) is 8.42. The lowest BCUT2D eigenvalue weighted by atomic mass is 10.1. The van der Waals surface area contributed by atoms with Crippen LogP contribution < -0.4 is 15.4 Å². The maximum Gasteiger partial charge on any atom is 0.191 e. The molecule has 0 spiro atoms. The smallest absolute Gasteiger partial charge is 0.191 e. The van der Waals surface area contributed by atoms with E-state index >= 15 is 0 Å². The standard InChI is InChI=1S/C18H24N4O3/c1-13-3-4-14(17(9-13)25-16-6-7-23-12-16)10-20-18(19-2)21-11-15-5-8-24-22-15/h3-5,8-9,16H,6-7,10-12H2,1-2H3,(H2,19,20,21). The number of benzene rings is 1. The van der Waals surface area contributed by atoms with Crippen molar-refractivity contribution < 1.29 is 14.0 Å². The summed E-state index contributed by atoms with van der Waals surface area (Å²) in [5.74, 6) is 1.59. The zero-order chi connectivity index (χ0) is 17.5. The molecule has 1 atom stereocenters. The van der Waals surface area contributed by atoms with E-state index in [1.807, 2.05) is 6.07 Å². The van der Waals surface area contributed by atoms with E-state index < -0.39 is 0 Å². The molecule has 7 nitrogen and oxygen atoms in total. The van der Waals surface area contributed by atoms with Crippen LogP contribution in [0.2, 0.25) is 0 Å². The number of guanidine groups is 1. The molecule has 134 valence electrons. The Hall–Kier alpha value is -2.54. The summed E-state index contributed by atoms with van der Waals surface area (Å²) >= 11 is 0. The SMILES string of the molecule is CN=C(NCc1ccon1)NCc1ccc(C)cc1OC1CCOC1. The van der Waals surface area contributed by atoms with Gasteiger partial charge >= 0.3 is 0 Å². The molecule has 1 aliphatic rings. The van der Waals surface area contributed by atoms with Crippen molar-refractivity contribution in [2.24, 2.45) is 4.99 Å². The Labute approximate surface area is 147 Å². The number of hydrogen-bond acceptors (Lipinski definition) is 5. The van der Waals surface area contributed by atoms with Gasteiger partial charge in [0.05, 0.1) is 19.8 Å². The topological polar surface area (TPSA) is 80.9 Å². The van der Waals surface area contributed by atoms with Gasteiger partial charge in [0.15, 0.2) is 5.96 Å². The van der Waals surface area contributed by atoms with Crippen molar-refractivity contribution in [3.63, 3.8) is 0 Å². The summed E-state index contributed by atoms with van der Waals surface area (Å²) in [6.45, 7) is 4.65. The van der Waals surface area contributed by atoms with E-state index in [1.54, 1.807) is 13.3 Å². The summed E-state index contributed by atoms with van der Waals surface area (Å²) in [7, 11) is 1.74. The quantitative estimate of drug-likeness (QED) is 0.616. The van der Waals surface area contributed by atoms with E-state index in [1.165, 1.54) is 5.56 Å². The highest BCUT2D eigenvalue weighted by molar-refractivity contribution is 5.79. The van der Waals surface area contributed by atoms with Gasteiger partial charge in [-0.15, -0.1) is 0 Å². The highest BCUT2D eigenvalue weighted by atomic mass is 16.5. The highest BCUT2D eigenvalue weighted by Gasteiger charge is 2.18. The molecule has 2 aromatic rings. The fraction of sp³-hybridized carbons (Fsp3) is 0.444. The van der Waals surface area contributed by atoms with Crippen LogP contribution in [0.3, 0.4) is 0 Å². The molecule has 0 saturated carbocycles. The Kier molecular flexibility index (Phi) is 5.90. The number of aliphatic imine (C=N–C) groups is 1. The summed E-state index contributed by atoms with van der Waals surface area (Å²) in [5, 5.41) is 10.4. The summed E-state index contributed by atoms with van der Waals surface area (Å²) in [6.07, 6.45) is 2.61. The molecule has 1 unspecified atom stereocenters. The Morgan fingerprint density at radius 3 is 2.92 bits per heavy atom. The van der Waals surface area contributed by atoms with Crippen molar-refractivity contribution in [1.29, 1.82) is 0 Å². The van der Waals surface area contributed by atoms with Crippen molar-refractivity contribution in [2.45, 2.75) is 32.5 Å². The largest absolute Gasteiger partial charge is 0.488 e. The van der Waals surface area contributed by atoms with Gasteiger partial charge in [-0.3, -0.25) is 4.99 Å². The molecule has 0 bridgehead atoms. The van der Waals surface area contributed by atoms with E-state index in [0.29, 0.717) is 25.7 Å². The number of rotatable bonds is 6. The predicted molar refractivity (Wildman–Crippen MR) is 94.6 cm³/mol. The second-order valence-corrected chi connectivity index (χ2v) is 5.98. The average Bonchev–Trinajstić information content (AvgIpc) is 3.30. The molecule has 0 aliphatic carbocycles. The summed E-state index contributed by atoms with van der Waals surface area (Å²) in [6, 6.07) is 8.05. The zero-order valence-electron chi connectivity index (χ0n) is 14.6. The minimum Gasteiger partial charge on any atom is -0.488 e. The van der Waals surface area contributed by atoms with Crippen LogP contribution in [0, 0.1) is 6.92 Å². The molecule has 1 aliphatic heterocycles. The van der Waals surface area contributed by atoms with Gasteiger partial charge in [0, 0.05) is 31.6 Å². The normalized spacial score (nSPS) is 17.5. The van der Waals surface area contributed by atoms with E-state index in [2.05, 4.69) is 45.9 Å². The van der Waals surface area contributed by atoms with Gasteiger partial charge in [0.25, 0.3) is 0 Å². The Balaban J connectivity index is 1.59. The molecule has 1 saturated heterocycles. The summed E-state index contributed by atoms with van der Waals surface area (Å²) in [5.41, 5.74) is 3.08. The second-order valence-electron chi connectivity index (χ2n) is 5.98. The Morgan fingerprint density at radius 1 is 1.32 bits per heavy atom. The maximum atomic E-state index is 6.12. The fourth-order valence-corrected chi connectivity index (χ4v) is 2.61. The molecular weight excluding hydrogens is 320 g/mol. The molecule has 1 aromatic carbocycles. The zero-order valence-corrected chi connectivity index (χ0v) is 14.6. The van der Waals surface area contributed by atoms with Gasteiger partial charge in [-0.2, -0.15) is 0 Å². The predicted octanol–water partition coefficient (Wildman–Crippen LogP) is 2.02. The lowest BCUT2D eigenvalue weighted by Gasteiger charge is -2.18. The van der Waals surface area contributed by atoms with E-state index in [4.69, 9.17) is 14.0 Å². The molecule has 2 heterocycles. The number of nitrogens with one attached hydrogen (secondary N) is 2. The number of aromatic nitrogens is 1. The lowest BCUT2D eigenvalue weighted by Crippen LogP contribution is -2.36. The van der Waals surface area contributed by atoms with Crippen LogP contribution in [0.5, 0.6) is 5.75 Å². The monoisotopic (exact) mass is 344 g/mol. The first-order valence-corrected chi connectivity index (χ1v) is 8.42. The van der Waals surface area contributed by atoms with Crippen LogP contribution in [-0.2, 0) is 17.8 Å². The molecule has 1 fully saturated rings. The van der Waals surface area contributed by atoms with Crippen LogP contribution >= 0.6 is 0 Å². The molecular formula is C18H24N4O3. The second kappa shape index (κ2) is 8.53. The van der Waals surface area contributed by atoms with Crippen molar-refractivity contribution in [3.05, 3.63) is 47.3 Å². The molecule has 2 N–H and O–H groups in total. The van der Waals surface area contributed by atoms with Gasteiger partial charge in [-0.25, -0.2) is 0 Å². The first kappa shape index (κ1) is 17.3. The van der Waals surface area contributed by atoms with Crippen LogP contribution in [0.4, 0.5) is 0 Å². The van der Waals surface area contributed by atoms with E-state index in [-0.39, 0.29) is 6.10 Å². The van der Waals surface area contributed by atoms with Gasteiger partial charge in [-0.05, 0) is 18.6 Å². The molecule has 3 rings (SSSR count). The third-order valence-corrected chi connectivity index (χ3v) is 4.00. The van der Waals surface area contributed by atoms with Crippen molar-refractivity contribution >= 4 is 5.96 Å². The highest BCUT2D eigenvalue weighted by Crippen LogP contribution is 2.23. The number of nitrogens with zero attached hydrogens (tertiary/aromatic N) is 2. The van der Waals surface area contributed by atoms with Gasteiger partial charge in [-0.1, -0.05) is 17.3 Å². The molecule has 0 radical (unpaired) electrons. The molecule has 0 amide bonds. The molecule has 7 heteroatoms. The van der Waals surface area contributed by atoms with Gasteiger partial charge in [0.1, 0.15) is 23.8 Å². The van der Waals surface area contributed by atoms with Crippen LogP contribution in [0.15, 0.2) is 40.0 Å². The third kappa shape index (κ3) is 4.96. The van der Waals surface area contributed by atoms with Crippen LogP contribution in [0.25, 0.3) is 0 Å². The third-order valence-electron chi connectivity index (χ3n) is 4.00. The van der Waals surface area contributed by atoms with Crippen molar-refractivity contribution in [2.75, 3.05) is 20.3 Å².